The molecule has 0 saturated carbocycles. The molecule has 10 heteroatoms. The summed E-state index contributed by atoms with van der Waals surface area (Å²) in [5.41, 5.74) is 0.840. The Morgan fingerprint density at radius 2 is 1.93 bits per heavy atom. The average Bonchev–Trinajstić information content (AvgIpc) is 3.02. The molecule has 0 N–H and O–H groups in total. The molecular formula is C18H18N2O6S2. The number of nitrogens with zero attached hydrogens (tertiary/aromatic N) is 2. The number of fused-ring (bicyclic) bond motifs is 1. The molecule has 2 aromatic rings. The minimum atomic E-state index is -3.79. The van der Waals surface area contributed by atoms with Crippen LogP contribution in [0.1, 0.15) is 17.2 Å². The van der Waals surface area contributed by atoms with E-state index in [1.807, 2.05) is 18.2 Å². The van der Waals surface area contributed by atoms with Gasteiger partial charge >= 0.3 is 0 Å². The molecule has 0 amide bonds. The molecule has 0 bridgehead atoms. The summed E-state index contributed by atoms with van der Waals surface area (Å²) >= 11 is 1.69. The van der Waals surface area contributed by atoms with Gasteiger partial charge in [-0.2, -0.15) is 16.1 Å². The van der Waals surface area contributed by atoms with Gasteiger partial charge in [0.25, 0.3) is 5.69 Å². The fourth-order valence-corrected chi connectivity index (χ4v) is 6.11. The van der Waals surface area contributed by atoms with Crippen LogP contribution in [0.3, 0.4) is 0 Å². The first-order valence-corrected chi connectivity index (χ1v) is 11.2. The van der Waals surface area contributed by atoms with Crippen LogP contribution in [-0.2, 0) is 10.0 Å². The van der Waals surface area contributed by atoms with Crippen LogP contribution in [-0.4, -0.2) is 43.3 Å². The zero-order chi connectivity index (χ0) is 19.7. The largest absolute Gasteiger partial charge is 0.454 e. The molecule has 0 aromatic heterocycles. The van der Waals surface area contributed by atoms with E-state index in [0.717, 1.165) is 17.4 Å². The van der Waals surface area contributed by atoms with Crippen molar-refractivity contribution in [1.29, 1.82) is 0 Å². The highest BCUT2D eigenvalue weighted by molar-refractivity contribution is 7.99. The Hall–Kier alpha value is -2.30. The summed E-state index contributed by atoms with van der Waals surface area (Å²) in [7, 11) is -3.79. The normalized spacial score (nSPS) is 19.9. The molecule has 0 aliphatic carbocycles. The van der Waals surface area contributed by atoms with E-state index in [1.54, 1.807) is 11.8 Å². The number of hydrogen-bond acceptors (Lipinski definition) is 7. The van der Waals surface area contributed by atoms with Crippen LogP contribution in [0.15, 0.2) is 47.4 Å². The van der Waals surface area contributed by atoms with Gasteiger partial charge < -0.3 is 9.47 Å². The molecular weight excluding hydrogens is 404 g/mol. The van der Waals surface area contributed by atoms with Crippen LogP contribution in [0.25, 0.3) is 0 Å². The quantitative estimate of drug-likeness (QED) is 0.551. The van der Waals surface area contributed by atoms with Crippen molar-refractivity contribution in [2.75, 3.05) is 25.6 Å². The summed E-state index contributed by atoms with van der Waals surface area (Å²) in [6.07, 6.45) is 0.637. The van der Waals surface area contributed by atoms with Gasteiger partial charge in [-0.1, -0.05) is 12.1 Å². The lowest BCUT2D eigenvalue weighted by molar-refractivity contribution is -0.385. The van der Waals surface area contributed by atoms with Crippen LogP contribution in [0.5, 0.6) is 11.5 Å². The minimum Gasteiger partial charge on any atom is -0.454 e. The van der Waals surface area contributed by atoms with Crippen LogP contribution in [0.4, 0.5) is 5.69 Å². The van der Waals surface area contributed by atoms with Gasteiger partial charge in [-0.25, -0.2) is 8.42 Å². The Kier molecular flexibility index (Phi) is 5.17. The predicted molar refractivity (Wildman–Crippen MR) is 104 cm³/mol. The third-order valence-corrected chi connectivity index (χ3v) is 7.96. The molecule has 148 valence electrons. The maximum Gasteiger partial charge on any atom is 0.270 e. The second kappa shape index (κ2) is 7.61. The van der Waals surface area contributed by atoms with Crippen LogP contribution in [0, 0.1) is 10.1 Å². The number of benzene rings is 2. The first-order valence-electron chi connectivity index (χ1n) is 8.71. The van der Waals surface area contributed by atoms with Crippen molar-refractivity contribution in [2.45, 2.75) is 16.6 Å². The molecule has 0 spiro atoms. The first-order chi connectivity index (χ1) is 13.4. The zero-order valence-electron chi connectivity index (χ0n) is 14.8. The smallest absolute Gasteiger partial charge is 0.270 e. The summed E-state index contributed by atoms with van der Waals surface area (Å²) in [6, 6.07) is 11.0. The van der Waals surface area contributed by atoms with Gasteiger partial charge in [-0.05, 0) is 30.2 Å². The fraction of sp³-hybridized carbons (Fsp3) is 0.333. The molecule has 2 aliphatic heterocycles. The third kappa shape index (κ3) is 3.67. The van der Waals surface area contributed by atoms with Gasteiger partial charge in [0.15, 0.2) is 11.5 Å². The van der Waals surface area contributed by atoms with Crippen molar-refractivity contribution in [3.05, 3.63) is 58.1 Å². The van der Waals surface area contributed by atoms with Gasteiger partial charge in [-0.15, -0.1) is 0 Å². The second-order valence-electron chi connectivity index (χ2n) is 6.42. The predicted octanol–water partition coefficient (Wildman–Crippen LogP) is 3.19. The van der Waals surface area contributed by atoms with Crippen molar-refractivity contribution >= 4 is 27.5 Å². The standard InChI is InChI=1S/C18H18N2O6S2/c21-20(22)14-2-1-3-15(11-14)28(23,24)19-7-6-18(27-9-8-19)13-4-5-16-17(10-13)26-12-25-16/h1-5,10-11,18H,6-9,12H2. The summed E-state index contributed by atoms with van der Waals surface area (Å²) in [5, 5.41) is 11.1. The number of nitro benzene ring substituents is 1. The maximum absolute atomic E-state index is 13.0. The van der Waals surface area contributed by atoms with E-state index in [0.29, 0.717) is 31.0 Å². The second-order valence-corrected chi connectivity index (χ2v) is 9.67. The van der Waals surface area contributed by atoms with Gasteiger partial charge in [0.2, 0.25) is 16.8 Å². The molecule has 4 rings (SSSR count). The molecule has 1 unspecified atom stereocenters. The van der Waals surface area contributed by atoms with Crippen molar-refractivity contribution in [1.82, 2.24) is 4.31 Å². The maximum atomic E-state index is 13.0. The lowest BCUT2D eigenvalue weighted by Gasteiger charge is -2.20. The Labute approximate surface area is 166 Å². The molecule has 1 atom stereocenters. The van der Waals surface area contributed by atoms with Gasteiger partial charge in [-0.3, -0.25) is 10.1 Å². The van der Waals surface area contributed by atoms with Crippen molar-refractivity contribution in [3.8, 4) is 11.5 Å². The van der Waals surface area contributed by atoms with Crippen LogP contribution in [0.2, 0.25) is 0 Å². The highest BCUT2D eigenvalue weighted by Crippen LogP contribution is 2.40. The number of sulfonamides is 1. The van der Waals surface area contributed by atoms with Crippen molar-refractivity contribution < 1.29 is 22.8 Å². The number of thioether (sulfide) groups is 1. The molecule has 2 aromatic carbocycles. The number of ether oxygens (including phenoxy) is 2. The van der Waals surface area contributed by atoms with Crippen molar-refractivity contribution in [2.24, 2.45) is 0 Å². The topological polar surface area (TPSA) is 99.0 Å². The third-order valence-electron chi connectivity index (χ3n) is 4.74. The Morgan fingerprint density at radius 1 is 1.11 bits per heavy atom. The minimum absolute atomic E-state index is 0.0479. The lowest BCUT2D eigenvalue weighted by Crippen LogP contribution is -2.33. The molecule has 1 saturated heterocycles. The van der Waals surface area contributed by atoms with Gasteiger partial charge in [0, 0.05) is 36.2 Å². The first kappa shape index (κ1) is 19.0. The Morgan fingerprint density at radius 3 is 2.75 bits per heavy atom. The number of rotatable bonds is 4. The molecule has 2 aliphatic rings. The SMILES string of the molecule is O=[N+]([O-])c1cccc(S(=O)(=O)N2CCSC(c3ccc4c(c3)OCO4)CC2)c1. The highest BCUT2D eigenvalue weighted by Gasteiger charge is 2.30. The number of hydrogen-bond donors (Lipinski definition) is 0. The average molecular weight is 422 g/mol. The van der Waals surface area contributed by atoms with Gasteiger partial charge in [0.1, 0.15) is 0 Å². The molecule has 2 heterocycles. The van der Waals surface area contributed by atoms with E-state index in [9.17, 15) is 18.5 Å². The van der Waals surface area contributed by atoms with E-state index in [4.69, 9.17) is 9.47 Å². The summed E-state index contributed by atoms with van der Waals surface area (Å²) in [5.74, 6) is 2.06. The summed E-state index contributed by atoms with van der Waals surface area (Å²) in [4.78, 5) is 10.3. The molecule has 1 fully saturated rings. The van der Waals surface area contributed by atoms with Crippen molar-refractivity contribution in [3.63, 3.8) is 0 Å². The van der Waals surface area contributed by atoms with Gasteiger partial charge in [0.05, 0.1) is 9.82 Å². The van der Waals surface area contributed by atoms with E-state index in [-0.39, 0.29) is 22.6 Å². The number of nitro groups is 1. The van der Waals surface area contributed by atoms with Crippen LogP contribution >= 0.6 is 11.8 Å². The summed E-state index contributed by atoms with van der Waals surface area (Å²) < 4.78 is 38.1. The Balaban J connectivity index is 1.52. The van der Waals surface area contributed by atoms with Crippen LogP contribution < -0.4 is 9.47 Å². The lowest BCUT2D eigenvalue weighted by atomic mass is 10.1. The molecule has 0 radical (unpaired) electrons. The molecule has 8 nitrogen and oxygen atoms in total. The summed E-state index contributed by atoms with van der Waals surface area (Å²) in [6.45, 7) is 0.916. The van der Waals surface area contributed by atoms with E-state index in [1.165, 1.54) is 22.5 Å². The van der Waals surface area contributed by atoms with E-state index >= 15 is 0 Å². The van der Waals surface area contributed by atoms with E-state index < -0.39 is 14.9 Å². The molecule has 28 heavy (non-hydrogen) atoms. The monoisotopic (exact) mass is 422 g/mol. The number of non-ortho nitro benzene ring substituents is 1. The fourth-order valence-electron chi connectivity index (χ4n) is 3.28. The highest BCUT2D eigenvalue weighted by atomic mass is 32.2. The Bertz CT molecular complexity index is 1010. The zero-order valence-corrected chi connectivity index (χ0v) is 16.4. The van der Waals surface area contributed by atoms with E-state index in [2.05, 4.69) is 0 Å².